The van der Waals surface area contributed by atoms with E-state index >= 15 is 0 Å². The fraction of sp³-hybridized carbons (Fsp3) is 0.571. The van der Waals surface area contributed by atoms with Crippen LogP contribution in [0.2, 0.25) is 0 Å². The molecule has 2 aliphatic rings. The highest BCUT2D eigenvalue weighted by atomic mass is 35.5. The molecule has 0 nitrogen and oxygen atoms in total. The molecule has 0 bridgehead atoms. The van der Waals surface area contributed by atoms with Gasteiger partial charge in [0.15, 0.2) is 3.67 Å². The van der Waals surface area contributed by atoms with Crippen molar-refractivity contribution >= 4 is 35.0 Å². The number of rotatable bonds is 0. The maximum Gasteiger partial charge on any atom is 0.180 e. The molecule has 1 aliphatic carbocycles. The van der Waals surface area contributed by atoms with Crippen LogP contribution < -0.4 is 0 Å². The van der Waals surface area contributed by atoms with Gasteiger partial charge < -0.3 is 0 Å². The number of fused-ring (bicyclic) bond motifs is 1. The van der Waals surface area contributed by atoms with E-state index in [0.29, 0.717) is 0 Å². The Balaban J connectivity index is 2.32. The first-order chi connectivity index (χ1) is 7.68. The Hall–Kier alpha value is 0.150. The Kier molecular flexibility index (Phi) is 2.15. The van der Waals surface area contributed by atoms with Crippen LogP contribution in [0, 0.1) is 0 Å². The molecule has 3 rings (SSSR count). The first kappa shape index (κ1) is 12.2. The van der Waals surface area contributed by atoms with Crippen molar-refractivity contribution in [2.75, 3.05) is 0 Å². The average Bonchev–Trinajstić information content (AvgIpc) is 2.81. The topological polar surface area (TPSA) is 0 Å². The van der Waals surface area contributed by atoms with Gasteiger partial charge in [-0.2, -0.15) is 0 Å². The zero-order valence-electron chi connectivity index (χ0n) is 10.5. The normalized spacial score (nSPS) is 29.1. The molecule has 1 aromatic rings. The van der Waals surface area contributed by atoms with E-state index in [2.05, 4.69) is 52.0 Å². The molecule has 0 radical (unpaired) electrons. The van der Waals surface area contributed by atoms with E-state index in [1.807, 2.05) is 0 Å². The van der Waals surface area contributed by atoms with Crippen molar-refractivity contribution in [3.63, 3.8) is 0 Å². The number of thioether (sulfide) groups is 1. The quantitative estimate of drug-likeness (QED) is 0.484. The number of hydrogen-bond donors (Lipinski definition) is 0. The molecule has 3 heteroatoms. The molecule has 0 amide bonds. The van der Waals surface area contributed by atoms with Gasteiger partial charge >= 0.3 is 0 Å². The summed E-state index contributed by atoms with van der Waals surface area (Å²) >= 11 is 14.7. The molecule has 1 aromatic carbocycles. The van der Waals surface area contributed by atoms with Crippen LogP contribution in [0.1, 0.15) is 38.8 Å². The van der Waals surface area contributed by atoms with Gasteiger partial charge in [-0.25, -0.2) is 0 Å². The van der Waals surface area contributed by atoms with Crippen molar-refractivity contribution in [2.45, 2.75) is 46.9 Å². The zero-order chi connectivity index (χ0) is 12.7. The summed E-state index contributed by atoms with van der Waals surface area (Å²) in [4.78, 5) is 0. The Morgan fingerprint density at radius 1 is 0.882 bits per heavy atom. The van der Waals surface area contributed by atoms with Gasteiger partial charge in [0.25, 0.3) is 0 Å². The van der Waals surface area contributed by atoms with Crippen LogP contribution in [0.15, 0.2) is 24.3 Å². The predicted octanol–water partition coefficient (Wildman–Crippen LogP) is 4.87. The van der Waals surface area contributed by atoms with E-state index in [0.717, 1.165) is 0 Å². The third-order valence-corrected chi connectivity index (χ3v) is 7.93. The zero-order valence-corrected chi connectivity index (χ0v) is 12.8. The summed E-state index contributed by atoms with van der Waals surface area (Å²) in [7, 11) is 0. The summed E-state index contributed by atoms with van der Waals surface area (Å²) in [5.74, 6) is 0. The maximum absolute atomic E-state index is 6.49. The second-order valence-electron chi connectivity index (χ2n) is 6.10. The van der Waals surface area contributed by atoms with E-state index in [1.54, 1.807) is 11.8 Å². The smallest absolute Gasteiger partial charge is 0.109 e. The fourth-order valence-electron chi connectivity index (χ4n) is 3.88. The van der Waals surface area contributed by atoms with Crippen LogP contribution in [0.5, 0.6) is 0 Å². The van der Waals surface area contributed by atoms with Gasteiger partial charge in [0.1, 0.15) is 0 Å². The maximum atomic E-state index is 6.49. The van der Waals surface area contributed by atoms with Crippen molar-refractivity contribution in [1.82, 2.24) is 0 Å². The van der Waals surface area contributed by atoms with Crippen LogP contribution >= 0.6 is 35.0 Å². The van der Waals surface area contributed by atoms with Crippen molar-refractivity contribution < 1.29 is 0 Å². The highest BCUT2D eigenvalue weighted by molar-refractivity contribution is 8.13. The molecule has 0 atom stereocenters. The lowest BCUT2D eigenvalue weighted by atomic mass is 9.71. The van der Waals surface area contributed by atoms with Crippen LogP contribution in [-0.4, -0.2) is 8.41 Å². The number of alkyl halides is 2. The lowest BCUT2D eigenvalue weighted by molar-refractivity contribution is 0.328. The first-order valence-corrected chi connectivity index (χ1v) is 7.44. The number of hydrogen-bond acceptors (Lipinski definition) is 1. The Morgan fingerprint density at radius 2 is 1.24 bits per heavy atom. The summed E-state index contributed by atoms with van der Waals surface area (Å²) in [6.07, 6.45) is 0. The van der Waals surface area contributed by atoms with Gasteiger partial charge in [0, 0.05) is 10.8 Å². The van der Waals surface area contributed by atoms with Crippen LogP contribution in [0.3, 0.4) is 0 Å². The number of benzene rings is 1. The highest BCUT2D eigenvalue weighted by Gasteiger charge is 2.83. The summed E-state index contributed by atoms with van der Waals surface area (Å²) in [6, 6.07) is 8.64. The standard InChI is InChI=1S/C14H16Cl2S/c1-11(2)9-7-5-6-8-10(9)12(3,4)13(11)14(15,16)17-13/h5-8H,1-4H3. The molecule has 1 fully saturated rings. The van der Waals surface area contributed by atoms with Gasteiger partial charge in [0.2, 0.25) is 0 Å². The first-order valence-electron chi connectivity index (χ1n) is 5.86. The van der Waals surface area contributed by atoms with Gasteiger partial charge in [-0.3, -0.25) is 0 Å². The predicted molar refractivity (Wildman–Crippen MR) is 77.3 cm³/mol. The monoisotopic (exact) mass is 286 g/mol. The van der Waals surface area contributed by atoms with Crippen molar-refractivity contribution in [1.29, 1.82) is 0 Å². The Labute approximate surface area is 117 Å². The SMILES string of the molecule is CC1(C)c2ccccc2C(C)(C)C12SC2(Cl)Cl. The second kappa shape index (κ2) is 3.00. The van der Waals surface area contributed by atoms with E-state index in [1.165, 1.54) is 11.1 Å². The Morgan fingerprint density at radius 3 is 1.53 bits per heavy atom. The van der Waals surface area contributed by atoms with E-state index in [4.69, 9.17) is 23.2 Å². The molecule has 1 saturated heterocycles. The molecule has 17 heavy (non-hydrogen) atoms. The minimum atomic E-state index is -0.668. The third kappa shape index (κ3) is 1.10. The highest BCUT2D eigenvalue weighted by Crippen LogP contribution is 2.84. The molecule has 0 saturated carbocycles. The van der Waals surface area contributed by atoms with E-state index < -0.39 is 3.67 Å². The van der Waals surface area contributed by atoms with Crippen molar-refractivity contribution in [3.05, 3.63) is 35.4 Å². The minimum absolute atomic E-state index is 0.00125. The molecule has 92 valence electrons. The van der Waals surface area contributed by atoms with Gasteiger partial charge in [-0.15, -0.1) is 11.8 Å². The molecule has 0 aromatic heterocycles. The van der Waals surface area contributed by atoms with Gasteiger partial charge in [0.05, 0.1) is 4.75 Å². The van der Waals surface area contributed by atoms with Crippen molar-refractivity contribution in [2.24, 2.45) is 0 Å². The lowest BCUT2D eigenvalue weighted by Crippen LogP contribution is -2.45. The minimum Gasteiger partial charge on any atom is -0.109 e. The largest absolute Gasteiger partial charge is 0.180 e. The molecule has 1 spiro atoms. The van der Waals surface area contributed by atoms with E-state index in [-0.39, 0.29) is 15.6 Å². The molecular formula is C14H16Cl2S. The summed E-state index contributed by atoms with van der Waals surface area (Å²) in [6.45, 7) is 9.06. The summed E-state index contributed by atoms with van der Waals surface area (Å²) in [5.41, 5.74) is 2.78. The number of halogens is 2. The average molecular weight is 287 g/mol. The van der Waals surface area contributed by atoms with E-state index in [9.17, 15) is 0 Å². The van der Waals surface area contributed by atoms with Gasteiger partial charge in [-0.05, 0) is 11.1 Å². The molecule has 1 aliphatic heterocycles. The fourth-order valence-corrected chi connectivity index (χ4v) is 7.10. The summed E-state index contributed by atoms with van der Waals surface area (Å²) < 4.78 is -0.779. The molecular weight excluding hydrogens is 271 g/mol. The van der Waals surface area contributed by atoms with Crippen molar-refractivity contribution in [3.8, 4) is 0 Å². The third-order valence-electron chi connectivity index (χ3n) is 4.68. The molecule has 0 unspecified atom stereocenters. The van der Waals surface area contributed by atoms with Crippen LogP contribution in [-0.2, 0) is 10.8 Å². The summed E-state index contributed by atoms with van der Waals surface area (Å²) in [5, 5.41) is 0. The van der Waals surface area contributed by atoms with Gasteiger partial charge in [-0.1, -0.05) is 75.2 Å². The molecule has 1 heterocycles. The second-order valence-corrected chi connectivity index (χ2v) is 9.30. The van der Waals surface area contributed by atoms with Crippen LogP contribution in [0.4, 0.5) is 0 Å². The van der Waals surface area contributed by atoms with Crippen LogP contribution in [0.25, 0.3) is 0 Å². The Bertz CT molecular complexity index is 468. The molecule has 0 N–H and O–H groups in total. The lowest BCUT2D eigenvalue weighted by Gasteiger charge is -2.36.